The zero-order valence-corrected chi connectivity index (χ0v) is 7.45. The summed E-state index contributed by atoms with van der Waals surface area (Å²) in [6.45, 7) is 3.50. The molecule has 0 bridgehead atoms. The Kier molecular flexibility index (Phi) is 4.77. The third-order valence-corrected chi connectivity index (χ3v) is 1.99. The predicted molar refractivity (Wildman–Crippen MR) is 44.4 cm³/mol. The molecule has 0 aromatic carbocycles. The van der Waals surface area contributed by atoms with Gasteiger partial charge in [-0.1, -0.05) is 41.4 Å². The van der Waals surface area contributed by atoms with Crippen molar-refractivity contribution >= 4 is 46.4 Å². The minimum atomic E-state index is 0.00215. The fourth-order valence-corrected chi connectivity index (χ4v) is 0.728. The first kappa shape index (κ1) is 9.64. The molecule has 0 N–H and O–H groups in total. The molecule has 0 aliphatic carbocycles. The normalized spacial score (nSPS) is 8.89. The highest BCUT2D eigenvalue weighted by atomic mass is 35.5. The van der Waals surface area contributed by atoms with Crippen LogP contribution in [0.1, 0.15) is 0 Å². The van der Waals surface area contributed by atoms with Crippen LogP contribution in [0.15, 0.2) is 21.7 Å². The van der Waals surface area contributed by atoms with Gasteiger partial charge in [0.05, 0.1) is 5.03 Å². The van der Waals surface area contributed by atoms with Gasteiger partial charge in [0.1, 0.15) is 4.49 Å². The molecule has 0 aliphatic heterocycles. The Morgan fingerprint density at radius 2 is 1.67 bits per heavy atom. The van der Waals surface area contributed by atoms with Gasteiger partial charge in [-0.2, -0.15) is 0 Å². The number of allylic oxidation sites excluding steroid dienone is 2. The molecular formula is C5H4Cl4. The van der Waals surface area contributed by atoms with Crippen LogP contribution in [0, 0.1) is 0 Å². The van der Waals surface area contributed by atoms with Crippen molar-refractivity contribution in [3.05, 3.63) is 21.7 Å². The maximum atomic E-state index is 5.50. The van der Waals surface area contributed by atoms with Crippen molar-refractivity contribution in [1.82, 2.24) is 0 Å². The van der Waals surface area contributed by atoms with Gasteiger partial charge in [0.2, 0.25) is 0 Å². The first-order valence-electron chi connectivity index (χ1n) is 2.04. The van der Waals surface area contributed by atoms with E-state index in [1.807, 2.05) is 0 Å². The molecule has 0 spiro atoms. The van der Waals surface area contributed by atoms with Gasteiger partial charge in [0.15, 0.2) is 0 Å². The van der Waals surface area contributed by atoms with E-state index in [0.717, 1.165) is 0 Å². The molecule has 0 radical (unpaired) electrons. The highest BCUT2D eigenvalue weighted by molar-refractivity contribution is 6.60. The molecule has 52 valence electrons. The maximum Gasteiger partial charge on any atom is 0.125 e. The van der Waals surface area contributed by atoms with E-state index >= 15 is 0 Å². The first-order chi connectivity index (χ1) is 4.09. The van der Waals surface area contributed by atoms with Gasteiger partial charge >= 0.3 is 0 Å². The smallest absolute Gasteiger partial charge is 0.122 e. The molecule has 0 rings (SSSR count). The van der Waals surface area contributed by atoms with Gasteiger partial charge in [-0.3, -0.25) is 0 Å². The summed E-state index contributed by atoms with van der Waals surface area (Å²) in [4.78, 5) is 0. The van der Waals surface area contributed by atoms with Crippen LogP contribution in [0.3, 0.4) is 0 Å². The van der Waals surface area contributed by atoms with E-state index in [-0.39, 0.29) is 15.4 Å². The molecule has 0 saturated carbocycles. The quantitative estimate of drug-likeness (QED) is 0.477. The molecule has 0 amide bonds. The highest BCUT2D eigenvalue weighted by Gasteiger charge is 2.01. The Morgan fingerprint density at radius 3 is 1.78 bits per heavy atom. The molecular weight excluding hydrogens is 202 g/mol. The van der Waals surface area contributed by atoms with Crippen LogP contribution in [0.4, 0.5) is 0 Å². The second-order valence-corrected chi connectivity index (χ2v) is 2.91. The van der Waals surface area contributed by atoms with Crippen LogP contribution < -0.4 is 0 Å². The molecule has 0 aromatic rings. The van der Waals surface area contributed by atoms with E-state index < -0.39 is 0 Å². The number of alkyl halides is 1. The summed E-state index contributed by atoms with van der Waals surface area (Å²) in [6, 6.07) is 0. The second kappa shape index (κ2) is 4.45. The molecule has 0 heterocycles. The predicted octanol–water partition coefficient (Wildman–Crippen LogP) is 3.67. The van der Waals surface area contributed by atoms with E-state index in [1.165, 1.54) is 0 Å². The van der Waals surface area contributed by atoms with E-state index in [2.05, 4.69) is 6.58 Å². The SMILES string of the molecule is C=C(CCl)C(Cl)=C(Cl)Cl. The van der Waals surface area contributed by atoms with Crippen LogP contribution in [0.25, 0.3) is 0 Å². The largest absolute Gasteiger partial charge is 0.125 e. The summed E-state index contributed by atoms with van der Waals surface area (Å²) >= 11 is 21.4. The standard InChI is InChI=1S/C5H4Cl4/c1-3(2-6)4(7)5(8)9/h1-2H2. The second-order valence-electron chi connectivity index (χ2n) is 1.31. The van der Waals surface area contributed by atoms with Crippen LogP contribution in [-0.2, 0) is 0 Å². The van der Waals surface area contributed by atoms with Crippen LogP contribution >= 0.6 is 46.4 Å². The molecule has 0 saturated heterocycles. The summed E-state index contributed by atoms with van der Waals surface area (Å²) in [5.74, 6) is 0.238. The topological polar surface area (TPSA) is 0 Å². The third-order valence-electron chi connectivity index (χ3n) is 0.638. The van der Waals surface area contributed by atoms with Crippen molar-refractivity contribution in [3.63, 3.8) is 0 Å². The zero-order valence-electron chi connectivity index (χ0n) is 4.43. The summed E-state index contributed by atoms with van der Waals surface area (Å²) in [6.07, 6.45) is 0. The Labute approximate surface area is 74.0 Å². The van der Waals surface area contributed by atoms with Crippen molar-refractivity contribution < 1.29 is 0 Å². The summed E-state index contributed by atoms with van der Waals surface area (Å²) in [7, 11) is 0. The summed E-state index contributed by atoms with van der Waals surface area (Å²) in [5, 5.41) is 0.230. The molecule has 0 fully saturated rings. The van der Waals surface area contributed by atoms with Gasteiger partial charge < -0.3 is 0 Å². The Bertz CT molecular complexity index is 143. The molecule has 4 heteroatoms. The molecule has 0 aromatic heterocycles. The lowest BCUT2D eigenvalue weighted by molar-refractivity contribution is 1.54. The fourth-order valence-electron chi connectivity index (χ4n) is 0.192. The summed E-state index contributed by atoms with van der Waals surface area (Å²) < 4.78 is 0.00215. The summed E-state index contributed by atoms with van der Waals surface area (Å²) in [5.41, 5.74) is 0.526. The highest BCUT2D eigenvalue weighted by Crippen LogP contribution is 2.24. The van der Waals surface area contributed by atoms with Gasteiger partial charge in [-0.15, -0.1) is 11.6 Å². The number of rotatable bonds is 2. The van der Waals surface area contributed by atoms with Crippen molar-refractivity contribution in [3.8, 4) is 0 Å². The van der Waals surface area contributed by atoms with E-state index in [9.17, 15) is 0 Å². The molecule has 0 nitrogen and oxygen atoms in total. The lowest BCUT2D eigenvalue weighted by Crippen LogP contribution is -1.81. The molecule has 0 atom stereocenters. The first-order valence-corrected chi connectivity index (χ1v) is 3.71. The fraction of sp³-hybridized carbons (Fsp3) is 0.200. The Morgan fingerprint density at radius 1 is 1.22 bits per heavy atom. The minimum absolute atomic E-state index is 0.00215. The van der Waals surface area contributed by atoms with Crippen LogP contribution in [0.2, 0.25) is 0 Å². The van der Waals surface area contributed by atoms with Gasteiger partial charge in [0, 0.05) is 5.88 Å². The van der Waals surface area contributed by atoms with E-state index in [0.29, 0.717) is 5.57 Å². The average Bonchev–Trinajstić information content (AvgIpc) is 1.84. The van der Waals surface area contributed by atoms with Crippen molar-refractivity contribution in [2.45, 2.75) is 0 Å². The molecule has 0 unspecified atom stereocenters. The molecule has 9 heavy (non-hydrogen) atoms. The van der Waals surface area contributed by atoms with Crippen molar-refractivity contribution in [2.24, 2.45) is 0 Å². The van der Waals surface area contributed by atoms with Crippen molar-refractivity contribution in [1.29, 1.82) is 0 Å². The average molecular weight is 206 g/mol. The lowest BCUT2D eigenvalue weighted by atomic mass is 10.3. The molecule has 0 aliphatic rings. The van der Waals surface area contributed by atoms with Gasteiger partial charge in [-0.05, 0) is 5.57 Å². The van der Waals surface area contributed by atoms with E-state index in [1.54, 1.807) is 0 Å². The number of hydrogen-bond donors (Lipinski definition) is 0. The van der Waals surface area contributed by atoms with Gasteiger partial charge in [0.25, 0.3) is 0 Å². The van der Waals surface area contributed by atoms with Crippen LogP contribution in [-0.4, -0.2) is 5.88 Å². The van der Waals surface area contributed by atoms with E-state index in [4.69, 9.17) is 46.4 Å². The lowest BCUT2D eigenvalue weighted by Gasteiger charge is -1.96. The van der Waals surface area contributed by atoms with Crippen molar-refractivity contribution in [2.75, 3.05) is 5.88 Å². The minimum Gasteiger partial charge on any atom is -0.122 e. The maximum absolute atomic E-state index is 5.50. The monoisotopic (exact) mass is 204 g/mol. The third kappa shape index (κ3) is 3.36. The van der Waals surface area contributed by atoms with Gasteiger partial charge in [-0.25, -0.2) is 0 Å². The Balaban J connectivity index is 4.21. The number of hydrogen-bond acceptors (Lipinski definition) is 0. The number of halogens is 4. The van der Waals surface area contributed by atoms with Crippen LogP contribution in [0.5, 0.6) is 0 Å². The Hall–Kier alpha value is 0.640. The zero-order chi connectivity index (χ0) is 7.44.